The Morgan fingerprint density at radius 3 is 2.70 bits per heavy atom. The second-order valence-corrected chi connectivity index (χ2v) is 8.21. The van der Waals surface area contributed by atoms with Crippen molar-refractivity contribution < 1.29 is 9.53 Å². The molecule has 4 rings (SSSR count). The molecular weight excluding hydrogens is 380 g/mol. The van der Waals surface area contributed by atoms with E-state index in [1.165, 1.54) is 11.3 Å². The molecule has 6 nitrogen and oxygen atoms in total. The lowest BCUT2D eigenvalue weighted by Crippen LogP contribution is -2.45. The molecule has 0 aliphatic carbocycles. The van der Waals surface area contributed by atoms with E-state index < -0.39 is 0 Å². The number of thiophene rings is 1. The van der Waals surface area contributed by atoms with Crippen molar-refractivity contribution in [3.8, 4) is 10.6 Å². The second kappa shape index (κ2) is 7.75. The molecule has 1 aliphatic rings. The van der Waals surface area contributed by atoms with E-state index >= 15 is 0 Å². The zero-order valence-corrected chi connectivity index (χ0v) is 16.7. The number of aromatic nitrogens is 2. The summed E-state index contributed by atoms with van der Waals surface area (Å²) in [6, 6.07) is 5.80. The molecule has 0 unspecified atom stereocenters. The monoisotopic (exact) mass is 400 g/mol. The maximum absolute atomic E-state index is 12.5. The number of hydrogen-bond donors (Lipinski definition) is 1. The average molecular weight is 401 g/mol. The van der Waals surface area contributed by atoms with Crippen LogP contribution in [0.1, 0.15) is 24.3 Å². The summed E-state index contributed by atoms with van der Waals surface area (Å²) >= 11 is 3.08. The van der Waals surface area contributed by atoms with Crippen LogP contribution in [0.25, 0.3) is 10.6 Å². The fourth-order valence-corrected chi connectivity index (χ4v) is 4.62. The van der Waals surface area contributed by atoms with E-state index in [0.717, 1.165) is 29.5 Å². The molecule has 3 aromatic rings. The van der Waals surface area contributed by atoms with Crippen LogP contribution in [0.15, 0.2) is 40.5 Å². The van der Waals surface area contributed by atoms with Crippen molar-refractivity contribution in [3.05, 3.63) is 46.2 Å². The van der Waals surface area contributed by atoms with E-state index in [1.54, 1.807) is 22.9 Å². The number of thiazole rings is 1. The molecule has 3 aromatic heterocycles. The van der Waals surface area contributed by atoms with E-state index in [1.807, 2.05) is 29.0 Å². The molecule has 0 saturated carbocycles. The number of ether oxygens (including phenoxy) is 1. The third-order valence-corrected chi connectivity index (χ3v) is 5.83. The van der Waals surface area contributed by atoms with Gasteiger partial charge in [0.15, 0.2) is 0 Å². The van der Waals surface area contributed by atoms with Crippen LogP contribution in [0.5, 0.6) is 0 Å². The first-order chi connectivity index (χ1) is 13.1. The summed E-state index contributed by atoms with van der Waals surface area (Å²) in [4.78, 5) is 23.6. The van der Waals surface area contributed by atoms with Gasteiger partial charge < -0.3 is 15.0 Å². The SMILES string of the molecule is C[C@@H]1CN(c2ccc(NC(=O)c3csc(-c4ccsc4)n3)cn2)C[C@@H](C)O1. The third kappa shape index (κ3) is 4.18. The topological polar surface area (TPSA) is 67.4 Å². The summed E-state index contributed by atoms with van der Waals surface area (Å²) in [5, 5.41) is 9.52. The summed E-state index contributed by atoms with van der Waals surface area (Å²) in [6.07, 6.45) is 2.04. The number of amides is 1. The second-order valence-electron chi connectivity index (χ2n) is 6.57. The molecule has 1 N–H and O–H groups in total. The molecule has 1 amide bonds. The highest BCUT2D eigenvalue weighted by atomic mass is 32.1. The number of anilines is 2. The molecule has 0 radical (unpaired) electrons. The fourth-order valence-electron chi connectivity index (χ4n) is 3.10. The summed E-state index contributed by atoms with van der Waals surface area (Å²) < 4.78 is 5.76. The Morgan fingerprint density at radius 2 is 2.04 bits per heavy atom. The lowest BCUT2D eigenvalue weighted by Gasteiger charge is -2.36. The van der Waals surface area contributed by atoms with Crippen molar-refractivity contribution in [2.75, 3.05) is 23.3 Å². The summed E-state index contributed by atoms with van der Waals surface area (Å²) in [7, 11) is 0. The highest BCUT2D eigenvalue weighted by Crippen LogP contribution is 2.26. The van der Waals surface area contributed by atoms with Crippen molar-refractivity contribution in [2.45, 2.75) is 26.1 Å². The summed E-state index contributed by atoms with van der Waals surface area (Å²) in [6.45, 7) is 5.76. The predicted octanol–water partition coefficient (Wildman–Crippen LogP) is 4.13. The first-order valence-electron chi connectivity index (χ1n) is 8.74. The molecule has 0 spiro atoms. The van der Waals surface area contributed by atoms with Gasteiger partial charge >= 0.3 is 0 Å². The van der Waals surface area contributed by atoms with Crippen LogP contribution in [-0.4, -0.2) is 41.2 Å². The fraction of sp³-hybridized carbons (Fsp3) is 0.316. The molecule has 1 fully saturated rings. The van der Waals surface area contributed by atoms with E-state index in [9.17, 15) is 4.79 Å². The zero-order chi connectivity index (χ0) is 18.8. The lowest BCUT2D eigenvalue weighted by atomic mass is 10.2. The first kappa shape index (κ1) is 18.1. The van der Waals surface area contributed by atoms with Gasteiger partial charge in [-0.05, 0) is 37.4 Å². The molecule has 4 heterocycles. The highest BCUT2D eigenvalue weighted by Gasteiger charge is 2.23. The van der Waals surface area contributed by atoms with E-state index in [4.69, 9.17) is 4.74 Å². The molecule has 8 heteroatoms. The average Bonchev–Trinajstić information content (AvgIpc) is 3.33. The Balaban J connectivity index is 1.42. The van der Waals surface area contributed by atoms with Crippen LogP contribution in [0.4, 0.5) is 11.5 Å². The van der Waals surface area contributed by atoms with Crippen molar-refractivity contribution in [1.82, 2.24) is 9.97 Å². The van der Waals surface area contributed by atoms with Crippen LogP contribution in [-0.2, 0) is 4.74 Å². The first-order valence-corrected chi connectivity index (χ1v) is 10.6. The number of carbonyl (C=O) groups excluding carboxylic acids is 1. The lowest BCUT2D eigenvalue weighted by molar-refractivity contribution is -0.00545. The molecular formula is C19H20N4O2S2. The number of nitrogens with one attached hydrogen (secondary N) is 1. The Labute approximate surface area is 165 Å². The number of hydrogen-bond acceptors (Lipinski definition) is 7. The van der Waals surface area contributed by atoms with E-state index in [0.29, 0.717) is 11.4 Å². The molecule has 2 atom stereocenters. The number of nitrogens with zero attached hydrogens (tertiary/aromatic N) is 3. The third-order valence-electron chi connectivity index (χ3n) is 4.25. The molecule has 27 heavy (non-hydrogen) atoms. The Bertz CT molecular complexity index is 898. The Hall–Kier alpha value is -2.29. The van der Waals surface area contributed by atoms with Gasteiger partial charge in [0.1, 0.15) is 16.5 Å². The van der Waals surface area contributed by atoms with E-state index in [2.05, 4.69) is 34.0 Å². The normalized spacial score (nSPS) is 19.9. The van der Waals surface area contributed by atoms with Gasteiger partial charge in [-0.15, -0.1) is 11.3 Å². The van der Waals surface area contributed by atoms with Crippen molar-refractivity contribution in [2.24, 2.45) is 0 Å². The molecule has 140 valence electrons. The zero-order valence-electron chi connectivity index (χ0n) is 15.1. The van der Waals surface area contributed by atoms with Crippen LogP contribution in [0.3, 0.4) is 0 Å². The van der Waals surface area contributed by atoms with Crippen molar-refractivity contribution >= 4 is 40.1 Å². The van der Waals surface area contributed by atoms with Gasteiger partial charge in [0.25, 0.3) is 5.91 Å². The van der Waals surface area contributed by atoms with Gasteiger partial charge in [-0.25, -0.2) is 9.97 Å². The van der Waals surface area contributed by atoms with Gasteiger partial charge in [-0.2, -0.15) is 11.3 Å². The van der Waals surface area contributed by atoms with Crippen LogP contribution >= 0.6 is 22.7 Å². The van der Waals surface area contributed by atoms with Gasteiger partial charge in [-0.1, -0.05) is 0 Å². The summed E-state index contributed by atoms with van der Waals surface area (Å²) in [5.74, 6) is 0.666. The molecule has 1 aliphatic heterocycles. The Kier molecular flexibility index (Phi) is 5.20. The van der Waals surface area contributed by atoms with Gasteiger partial charge in [0.2, 0.25) is 0 Å². The quantitative estimate of drug-likeness (QED) is 0.713. The van der Waals surface area contributed by atoms with E-state index in [-0.39, 0.29) is 18.1 Å². The van der Waals surface area contributed by atoms with Crippen LogP contribution in [0, 0.1) is 0 Å². The minimum atomic E-state index is -0.226. The van der Waals surface area contributed by atoms with Gasteiger partial charge in [-0.3, -0.25) is 4.79 Å². The van der Waals surface area contributed by atoms with Crippen molar-refractivity contribution in [3.63, 3.8) is 0 Å². The Morgan fingerprint density at radius 1 is 1.22 bits per heavy atom. The maximum atomic E-state index is 12.5. The van der Waals surface area contributed by atoms with Crippen molar-refractivity contribution in [1.29, 1.82) is 0 Å². The maximum Gasteiger partial charge on any atom is 0.275 e. The van der Waals surface area contributed by atoms with Gasteiger partial charge in [0.05, 0.1) is 24.1 Å². The minimum absolute atomic E-state index is 0.178. The largest absolute Gasteiger partial charge is 0.372 e. The standard InChI is InChI=1S/C19H20N4O2S2/c1-12-8-23(9-13(2)25-12)17-4-3-15(7-20-17)21-18(24)16-11-27-19(22-16)14-5-6-26-10-14/h3-7,10-13H,8-9H2,1-2H3,(H,21,24)/t12-,13-/m1/s1. The highest BCUT2D eigenvalue weighted by molar-refractivity contribution is 7.14. The molecule has 0 aromatic carbocycles. The van der Waals surface area contributed by atoms with Crippen LogP contribution < -0.4 is 10.2 Å². The smallest absolute Gasteiger partial charge is 0.275 e. The number of morpholine rings is 1. The molecule has 0 bridgehead atoms. The summed E-state index contributed by atoms with van der Waals surface area (Å²) in [5.41, 5.74) is 2.12. The number of rotatable bonds is 4. The van der Waals surface area contributed by atoms with Gasteiger partial charge in [0, 0.05) is 29.4 Å². The minimum Gasteiger partial charge on any atom is -0.372 e. The number of carbonyl (C=O) groups is 1. The molecule has 1 saturated heterocycles. The number of pyridine rings is 1. The van der Waals surface area contributed by atoms with Crippen LogP contribution in [0.2, 0.25) is 0 Å². The predicted molar refractivity (Wildman–Crippen MR) is 110 cm³/mol.